The lowest BCUT2D eigenvalue weighted by Gasteiger charge is -2.17. The maximum absolute atomic E-state index is 11.4. The van der Waals surface area contributed by atoms with E-state index >= 15 is 0 Å². The summed E-state index contributed by atoms with van der Waals surface area (Å²) in [5.74, 6) is -0.399. The number of aromatic nitrogens is 1. The minimum absolute atomic E-state index is 0.399. The fourth-order valence-corrected chi connectivity index (χ4v) is 1.78. The van der Waals surface area contributed by atoms with Gasteiger partial charge in [-0.15, -0.1) is 0 Å². The van der Waals surface area contributed by atoms with E-state index in [1.54, 1.807) is 12.4 Å². The topological polar surface area (TPSA) is 71.2 Å². The monoisotopic (exact) mass is 300 g/mol. The van der Waals surface area contributed by atoms with Crippen molar-refractivity contribution in [1.82, 2.24) is 15.2 Å². The van der Waals surface area contributed by atoms with Crippen molar-refractivity contribution in [3.8, 4) is 0 Å². The van der Waals surface area contributed by atoms with Crippen LogP contribution in [0.1, 0.15) is 11.6 Å². The summed E-state index contributed by atoms with van der Waals surface area (Å²) in [6.07, 6.45) is 3.31. The minimum Gasteiger partial charge on any atom is -0.368 e. The SMILES string of the molecule is CN(C)CCNC(C(N)=O)c1cncc(Br)c1. The molecule has 0 radical (unpaired) electrons. The van der Waals surface area contributed by atoms with Crippen molar-refractivity contribution in [3.63, 3.8) is 0 Å². The van der Waals surface area contributed by atoms with Crippen molar-refractivity contribution in [1.29, 1.82) is 0 Å². The lowest BCUT2D eigenvalue weighted by Crippen LogP contribution is -2.37. The highest BCUT2D eigenvalue weighted by Crippen LogP contribution is 2.16. The number of nitrogens with zero attached hydrogens (tertiary/aromatic N) is 2. The Bertz CT molecular complexity index is 383. The van der Waals surface area contributed by atoms with Crippen molar-refractivity contribution >= 4 is 21.8 Å². The van der Waals surface area contributed by atoms with Crippen molar-refractivity contribution in [2.45, 2.75) is 6.04 Å². The van der Waals surface area contributed by atoms with Gasteiger partial charge in [-0.3, -0.25) is 9.78 Å². The molecule has 1 unspecified atom stereocenters. The molecule has 1 heterocycles. The standard InChI is InChI=1S/C11H17BrN4O/c1-16(2)4-3-15-10(11(13)17)8-5-9(12)7-14-6-8/h5-7,10,15H,3-4H2,1-2H3,(H2,13,17). The van der Waals surface area contributed by atoms with Crippen LogP contribution in [-0.2, 0) is 4.79 Å². The zero-order chi connectivity index (χ0) is 12.8. The van der Waals surface area contributed by atoms with E-state index in [0.29, 0.717) is 6.54 Å². The van der Waals surface area contributed by atoms with Gasteiger partial charge in [0.2, 0.25) is 5.91 Å². The van der Waals surface area contributed by atoms with Gasteiger partial charge in [-0.1, -0.05) is 0 Å². The molecule has 1 rings (SSSR count). The number of nitrogens with two attached hydrogens (primary N) is 1. The fourth-order valence-electron chi connectivity index (χ4n) is 1.40. The normalized spacial score (nSPS) is 12.7. The summed E-state index contributed by atoms with van der Waals surface area (Å²) >= 11 is 3.32. The molecule has 5 nitrogen and oxygen atoms in total. The first-order valence-electron chi connectivity index (χ1n) is 5.28. The third-order valence-electron chi connectivity index (χ3n) is 2.25. The van der Waals surface area contributed by atoms with Gasteiger partial charge in [-0.2, -0.15) is 0 Å². The van der Waals surface area contributed by atoms with Gasteiger partial charge in [0.15, 0.2) is 0 Å². The van der Waals surface area contributed by atoms with E-state index in [0.717, 1.165) is 16.6 Å². The summed E-state index contributed by atoms with van der Waals surface area (Å²) in [5, 5.41) is 3.12. The van der Waals surface area contributed by atoms with E-state index < -0.39 is 11.9 Å². The molecule has 3 N–H and O–H groups in total. The van der Waals surface area contributed by atoms with Gasteiger partial charge < -0.3 is 16.0 Å². The van der Waals surface area contributed by atoms with Crippen molar-refractivity contribution in [3.05, 3.63) is 28.5 Å². The second-order valence-corrected chi connectivity index (χ2v) is 4.94. The molecule has 0 bridgehead atoms. The van der Waals surface area contributed by atoms with Crippen LogP contribution in [0.5, 0.6) is 0 Å². The summed E-state index contributed by atoms with van der Waals surface area (Å²) in [6, 6.07) is 1.34. The van der Waals surface area contributed by atoms with E-state index in [9.17, 15) is 4.79 Å². The van der Waals surface area contributed by atoms with Gasteiger partial charge in [0.1, 0.15) is 6.04 Å². The predicted molar refractivity (Wildman–Crippen MR) is 70.4 cm³/mol. The quantitative estimate of drug-likeness (QED) is 0.804. The molecule has 1 aromatic heterocycles. The molecule has 0 saturated heterocycles. The molecule has 0 aromatic carbocycles. The number of carbonyl (C=O) groups is 1. The molecule has 0 spiro atoms. The third kappa shape index (κ3) is 4.80. The Balaban J connectivity index is 2.69. The molecule has 6 heteroatoms. The van der Waals surface area contributed by atoms with Crippen LogP contribution in [0.3, 0.4) is 0 Å². The zero-order valence-corrected chi connectivity index (χ0v) is 11.6. The highest BCUT2D eigenvalue weighted by Gasteiger charge is 2.17. The molecule has 1 aromatic rings. The lowest BCUT2D eigenvalue weighted by atomic mass is 10.1. The predicted octanol–water partition coefficient (Wildman–Crippen LogP) is 0.522. The lowest BCUT2D eigenvalue weighted by molar-refractivity contribution is -0.120. The summed E-state index contributed by atoms with van der Waals surface area (Å²) in [7, 11) is 3.95. The highest BCUT2D eigenvalue weighted by atomic mass is 79.9. The molecule has 0 saturated carbocycles. The maximum Gasteiger partial charge on any atom is 0.239 e. The summed E-state index contributed by atoms with van der Waals surface area (Å²) in [6.45, 7) is 1.53. The van der Waals surface area contributed by atoms with Gasteiger partial charge in [-0.25, -0.2) is 0 Å². The van der Waals surface area contributed by atoms with Crippen LogP contribution in [0.25, 0.3) is 0 Å². The smallest absolute Gasteiger partial charge is 0.239 e. The largest absolute Gasteiger partial charge is 0.368 e. The average molecular weight is 301 g/mol. The summed E-state index contributed by atoms with van der Waals surface area (Å²) < 4.78 is 0.829. The third-order valence-corrected chi connectivity index (χ3v) is 2.69. The first kappa shape index (κ1) is 14.1. The van der Waals surface area contributed by atoms with Gasteiger partial charge in [0.05, 0.1) is 0 Å². The maximum atomic E-state index is 11.4. The highest BCUT2D eigenvalue weighted by molar-refractivity contribution is 9.10. The molecule has 1 atom stereocenters. The van der Waals surface area contributed by atoms with Gasteiger partial charge in [0.25, 0.3) is 0 Å². The number of likely N-dealkylation sites (N-methyl/N-ethyl adjacent to an activating group) is 1. The van der Waals surface area contributed by atoms with Crippen LogP contribution >= 0.6 is 15.9 Å². The second kappa shape index (κ2) is 6.68. The van der Waals surface area contributed by atoms with E-state index in [2.05, 4.69) is 26.2 Å². The molecule has 94 valence electrons. The van der Waals surface area contributed by atoms with Crippen LogP contribution in [0.15, 0.2) is 22.9 Å². The molecule has 17 heavy (non-hydrogen) atoms. The Hall–Kier alpha value is -0.980. The number of rotatable bonds is 6. The summed E-state index contributed by atoms with van der Waals surface area (Å²) in [4.78, 5) is 17.4. The average Bonchev–Trinajstić information content (AvgIpc) is 2.23. The minimum atomic E-state index is -0.500. The van der Waals surface area contributed by atoms with Crippen molar-refractivity contribution in [2.75, 3.05) is 27.2 Å². The van der Waals surface area contributed by atoms with Gasteiger partial charge in [0, 0.05) is 30.0 Å². The van der Waals surface area contributed by atoms with E-state index in [-0.39, 0.29) is 0 Å². The molecule has 0 aliphatic heterocycles. The van der Waals surface area contributed by atoms with Crippen LogP contribution in [0.4, 0.5) is 0 Å². The van der Waals surface area contributed by atoms with Crippen LogP contribution in [0.2, 0.25) is 0 Å². The van der Waals surface area contributed by atoms with E-state index in [4.69, 9.17) is 5.73 Å². The number of pyridine rings is 1. The molecular weight excluding hydrogens is 284 g/mol. The Labute approximate surface area is 110 Å². The molecule has 0 aliphatic carbocycles. The number of primary amides is 1. The number of carbonyl (C=O) groups excluding carboxylic acids is 1. The zero-order valence-electron chi connectivity index (χ0n) is 9.98. The van der Waals surface area contributed by atoms with Crippen molar-refractivity contribution in [2.24, 2.45) is 5.73 Å². The Morgan fingerprint density at radius 2 is 2.29 bits per heavy atom. The number of hydrogen-bond donors (Lipinski definition) is 2. The van der Waals surface area contributed by atoms with Crippen LogP contribution in [0, 0.1) is 0 Å². The van der Waals surface area contributed by atoms with Gasteiger partial charge >= 0.3 is 0 Å². The first-order valence-corrected chi connectivity index (χ1v) is 6.08. The Kier molecular flexibility index (Phi) is 5.54. The van der Waals surface area contributed by atoms with Gasteiger partial charge in [-0.05, 0) is 41.7 Å². The second-order valence-electron chi connectivity index (χ2n) is 4.03. The van der Waals surface area contributed by atoms with E-state index in [1.807, 2.05) is 25.1 Å². The van der Waals surface area contributed by atoms with Crippen molar-refractivity contribution < 1.29 is 4.79 Å². The Morgan fingerprint density at radius 3 is 2.82 bits per heavy atom. The number of nitrogens with one attached hydrogen (secondary N) is 1. The summed E-state index contributed by atoms with van der Waals surface area (Å²) in [5.41, 5.74) is 6.15. The molecular formula is C11H17BrN4O. The molecule has 1 amide bonds. The molecule has 0 fully saturated rings. The molecule has 0 aliphatic rings. The van der Waals surface area contributed by atoms with Crippen LogP contribution < -0.4 is 11.1 Å². The first-order chi connectivity index (χ1) is 8.00. The number of amides is 1. The Morgan fingerprint density at radius 1 is 1.59 bits per heavy atom. The van der Waals surface area contributed by atoms with E-state index in [1.165, 1.54) is 0 Å². The van der Waals surface area contributed by atoms with Crippen LogP contribution in [-0.4, -0.2) is 43.0 Å². The number of halogens is 1. The number of hydrogen-bond acceptors (Lipinski definition) is 4. The fraction of sp³-hybridized carbons (Fsp3) is 0.455.